The Hall–Kier alpha value is -0.760. The minimum absolute atomic E-state index is 1.04. The van der Waals surface area contributed by atoms with Crippen molar-refractivity contribution < 1.29 is 0 Å². The van der Waals surface area contributed by atoms with Gasteiger partial charge in [0, 0.05) is 5.69 Å². The lowest BCUT2D eigenvalue weighted by molar-refractivity contribution is 1.18. The van der Waals surface area contributed by atoms with Crippen molar-refractivity contribution in [1.82, 2.24) is 4.98 Å². The number of thioether (sulfide) groups is 1. The molecule has 0 spiro atoms. The average molecular weight is 179 g/mol. The zero-order valence-corrected chi connectivity index (χ0v) is 8.27. The van der Waals surface area contributed by atoms with Crippen LogP contribution in [-0.4, -0.2) is 10.7 Å². The highest BCUT2D eigenvalue weighted by Crippen LogP contribution is 2.06. The van der Waals surface area contributed by atoms with Gasteiger partial charge in [-0.25, -0.2) is 0 Å². The second kappa shape index (κ2) is 4.99. The van der Waals surface area contributed by atoms with Crippen LogP contribution in [-0.2, 0) is 0 Å². The van der Waals surface area contributed by atoms with E-state index in [4.69, 9.17) is 0 Å². The number of pyridine rings is 1. The number of aromatic nitrogens is 1. The van der Waals surface area contributed by atoms with Gasteiger partial charge in [-0.3, -0.25) is 4.98 Å². The van der Waals surface area contributed by atoms with Crippen LogP contribution in [0.4, 0.5) is 0 Å². The zero-order valence-electron chi connectivity index (χ0n) is 7.45. The predicted molar refractivity (Wildman–Crippen MR) is 56.1 cm³/mol. The van der Waals surface area contributed by atoms with Crippen molar-refractivity contribution in [2.45, 2.75) is 13.8 Å². The summed E-state index contributed by atoms with van der Waals surface area (Å²) in [6.07, 6.45) is 2.04. The molecule has 0 saturated heterocycles. The summed E-state index contributed by atoms with van der Waals surface area (Å²) in [4.78, 5) is 4.34. The van der Waals surface area contributed by atoms with E-state index in [-0.39, 0.29) is 0 Å². The predicted octanol–water partition coefficient (Wildman–Crippen LogP) is 3.11. The van der Waals surface area contributed by atoms with Crippen molar-refractivity contribution >= 4 is 17.8 Å². The number of hydrogen-bond acceptors (Lipinski definition) is 2. The molecule has 1 aromatic rings. The van der Waals surface area contributed by atoms with Gasteiger partial charge in [-0.1, -0.05) is 13.0 Å². The normalized spacial score (nSPS) is 10.8. The fraction of sp³-hybridized carbons (Fsp3) is 0.300. The van der Waals surface area contributed by atoms with Gasteiger partial charge in [-0.05, 0) is 36.3 Å². The minimum atomic E-state index is 1.04. The highest BCUT2D eigenvalue weighted by molar-refractivity contribution is 8.02. The summed E-state index contributed by atoms with van der Waals surface area (Å²) in [5.74, 6) is 1.11. The van der Waals surface area contributed by atoms with Crippen LogP contribution >= 0.6 is 11.8 Å². The molecule has 0 aromatic carbocycles. The van der Waals surface area contributed by atoms with E-state index in [1.165, 1.54) is 0 Å². The van der Waals surface area contributed by atoms with E-state index in [1.54, 1.807) is 11.8 Å². The zero-order chi connectivity index (χ0) is 8.81. The molecule has 1 heterocycles. The molecule has 0 amide bonds. The van der Waals surface area contributed by atoms with Crippen molar-refractivity contribution in [2.24, 2.45) is 0 Å². The molecule has 1 aromatic heterocycles. The maximum atomic E-state index is 4.34. The van der Waals surface area contributed by atoms with Gasteiger partial charge in [0.1, 0.15) is 0 Å². The average Bonchev–Trinajstić information content (AvgIpc) is 2.05. The lowest BCUT2D eigenvalue weighted by Gasteiger charge is -1.93. The summed E-state index contributed by atoms with van der Waals surface area (Å²) >= 11 is 1.79. The van der Waals surface area contributed by atoms with Gasteiger partial charge in [0.05, 0.1) is 5.69 Å². The Bertz CT molecular complexity index is 268. The molecule has 0 bridgehead atoms. The first-order valence-corrected chi connectivity index (χ1v) is 5.09. The summed E-state index contributed by atoms with van der Waals surface area (Å²) in [7, 11) is 0. The van der Waals surface area contributed by atoms with Crippen molar-refractivity contribution in [1.29, 1.82) is 0 Å². The van der Waals surface area contributed by atoms with Crippen molar-refractivity contribution in [2.75, 3.05) is 5.75 Å². The highest BCUT2D eigenvalue weighted by Gasteiger charge is 1.87. The maximum absolute atomic E-state index is 4.34. The summed E-state index contributed by atoms with van der Waals surface area (Å²) < 4.78 is 0. The molecule has 1 rings (SSSR count). The molecule has 1 nitrogen and oxygen atoms in total. The molecule has 0 N–H and O–H groups in total. The van der Waals surface area contributed by atoms with Gasteiger partial charge >= 0.3 is 0 Å². The third kappa shape index (κ3) is 3.09. The van der Waals surface area contributed by atoms with Crippen LogP contribution in [0.1, 0.15) is 18.3 Å². The summed E-state index contributed by atoms with van der Waals surface area (Å²) in [6, 6.07) is 6.04. The molecule has 12 heavy (non-hydrogen) atoms. The van der Waals surface area contributed by atoms with E-state index in [0.717, 1.165) is 17.1 Å². The molecule has 0 atom stereocenters. The van der Waals surface area contributed by atoms with Crippen LogP contribution in [0, 0.1) is 6.92 Å². The van der Waals surface area contributed by atoms with Gasteiger partial charge in [0.15, 0.2) is 0 Å². The Morgan fingerprint density at radius 2 is 2.33 bits per heavy atom. The Balaban J connectivity index is 2.63. The molecule has 0 radical (unpaired) electrons. The smallest absolute Gasteiger partial charge is 0.0637 e. The number of nitrogens with zero attached hydrogens (tertiary/aromatic N) is 1. The first-order valence-electron chi connectivity index (χ1n) is 4.04. The number of rotatable bonds is 3. The summed E-state index contributed by atoms with van der Waals surface area (Å²) in [6.45, 7) is 4.14. The van der Waals surface area contributed by atoms with E-state index >= 15 is 0 Å². The van der Waals surface area contributed by atoms with Crippen LogP contribution in [0.25, 0.3) is 6.08 Å². The van der Waals surface area contributed by atoms with Gasteiger partial charge in [-0.2, -0.15) is 0 Å². The Morgan fingerprint density at radius 3 is 3.00 bits per heavy atom. The monoisotopic (exact) mass is 179 g/mol. The lowest BCUT2D eigenvalue weighted by atomic mass is 10.3. The molecule has 0 unspecified atom stereocenters. The first kappa shape index (κ1) is 9.33. The van der Waals surface area contributed by atoms with E-state index in [1.807, 2.05) is 31.2 Å². The quantitative estimate of drug-likeness (QED) is 0.707. The van der Waals surface area contributed by atoms with E-state index in [0.29, 0.717) is 0 Å². The van der Waals surface area contributed by atoms with E-state index < -0.39 is 0 Å². The molecular weight excluding hydrogens is 166 g/mol. The Labute approximate surface area is 77.9 Å². The molecule has 0 saturated carbocycles. The van der Waals surface area contributed by atoms with E-state index in [2.05, 4.69) is 17.3 Å². The maximum Gasteiger partial charge on any atom is 0.0637 e. The van der Waals surface area contributed by atoms with Gasteiger partial charge in [0.25, 0.3) is 0 Å². The molecule has 64 valence electrons. The van der Waals surface area contributed by atoms with Crippen LogP contribution < -0.4 is 0 Å². The molecular formula is C10H13NS. The fourth-order valence-electron chi connectivity index (χ4n) is 0.871. The Kier molecular flexibility index (Phi) is 3.88. The van der Waals surface area contributed by atoms with Crippen LogP contribution in [0.5, 0.6) is 0 Å². The summed E-state index contributed by atoms with van der Waals surface area (Å²) in [5.41, 5.74) is 2.11. The molecule has 0 fully saturated rings. The van der Waals surface area contributed by atoms with Crippen LogP contribution in [0.2, 0.25) is 0 Å². The second-order valence-electron chi connectivity index (χ2n) is 2.46. The van der Waals surface area contributed by atoms with E-state index in [9.17, 15) is 0 Å². The Morgan fingerprint density at radius 1 is 1.50 bits per heavy atom. The van der Waals surface area contributed by atoms with Crippen LogP contribution in [0.3, 0.4) is 0 Å². The number of aryl methyl sites for hydroxylation is 1. The molecule has 0 aliphatic rings. The SMILES string of the molecule is CCS/C=C/c1cccc(C)n1. The largest absolute Gasteiger partial charge is 0.254 e. The van der Waals surface area contributed by atoms with Crippen molar-refractivity contribution in [3.63, 3.8) is 0 Å². The van der Waals surface area contributed by atoms with Gasteiger partial charge in [-0.15, -0.1) is 11.8 Å². The van der Waals surface area contributed by atoms with Crippen molar-refractivity contribution in [3.05, 3.63) is 35.0 Å². The number of hydrogen-bond donors (Lipinski definition) is 0. The van der Waals surface area contributed by atoms with Crippen molar-refractivity contribution in [3.8, 4) is 0 Å². The third-order valence-corrected chi connectivity index (χ3v) is 2.07. The first-order chi connectivity index (χ1) is 5.83. The van der Waals surface area contributed by atoms with Gasteiger partial charge < -0.3 is 0 Å². The summed E-state index contributed by atoms with van der Waals surface area (Å²) in [5, 5.41) is 2.09. The topological polar surface area (TPSA) is 12.9 Å². The molecule has 0 aliphatic heterocycles. The van der Waals surface area contributed by atoms with Gasteiger partial charge in [0.2, 0.25) is 0 Å². The minimum Gasteiger partial charge on any atom is -0.254 e. The third-order valence-electron chi connectivity index (χ3n) is 1.41. The highest BCUT2D eigenvalue weighted by atomic mass is 32.2. The molecule has 2 heteroatoms. The fourth-order valence-corrected chi connectivity index (χ4v) is 1.30. The second-order valence-corrected chi connectivity index (χ2v) is 3.64. The van der Waals surface area contributed by atoms with Crippen LogP contribution in [0.15, 0.2) is 23.6 Å². The molecule has 0 aliphatic carbocycles. The standard InChI is InChI=1S/C10H13NS/c1-3-12-8-7-10-6-4-5-9(2)11-10/h4-8H,3H2,1-2H3/b8-7+. The lowest BCUT2D eigenvalue weighted by Crippen LogP contribution is -1.82.